The molecule has 180 valence electrons. The Morgan fingerprint density at radius 2 is 1.86 bits per heavy atom. The van der Waals surface area contributed by atoms with Gasteiger partial charge in [-0.15, -0.1) is 0 Å². The number of nitrogens with one attached hydrogen (secondary N) is 2. The Kier molecular flexibility index (Phi) is 6.22. The van der Waals surface area contributed by atoms with Crippen LogP contribution < -0.4 is 21.1 Å². The van der Waals surface area contributed by atoms with E-state index >= 15 is 0 Å². The summed E-state index contributed by atoms with van der Waals surface area (Å²) in [5.41, 5.74) is 6.57. The van der Waals surface area contributed by atoms with E-state index in [9.17, 15) is 14.4 Å². The summed E-state index contributed by atoms with van der Waals surface area (Å²) in [6.07, 6.45) is 4.88. The second kappa shape index (κ2) is 9.61. The molecule has 0 saturated heterocycles. The smallest absolute Gasteiger partial charge is 0.290 e. The average molecular weight is 475 g/mol. The molecule has 0 saturated carbocycles. The van der Waals surface area contributed by atoms with Crippen molar-refractivity contribution in [2.45, 2.75) is 45.6 Å². The van der Waals surface area contributed by atoms with Crippen molar-refractivity contribution in [1.82, 2.24) is 20.6 Å². The number of hydrogen-bond donors (Lipinski definition) is 2. The zero-order chi connectivity index (χ0) is 24.4. The topological polar surface area (TPSA) is 115 Å². The number of aryl methyl sites for hydroxylation is 3. The van der Waals surface area contributed by atoms with Crippen LogP contribution >= 0.6 is 0 Å². The molecule has 0 bridgehead atoms. The Balaban J connectivity index is 1.25. The molecule has 0 radical (unpaired) electrons. The lowest BCUT2D eigenvalue weighted by atomic mass is 9.96. The number of furan rings is 1. The van der Waals surface area contributed by atoms with E-state index in [1.807, 2.05) is 19.1 Å². The van der Waals surface area contributed by atoms with Gasteiger partial charge < -0.3 is 9.15 Å². The van der Waals surface area contributed by atoms with Crippen LogP contribution in [0.2, 0.25) is 0 Å². The molecule has 9 nitrogen and oxygen atoms in total. The van der Waals surface area contributed by atoms with E-state index in [1.165, 1.54) is 10.2 Å². The Bertz CT molecular complexity index is 1490. The van der Waals surface area contributed by atoms with Crippen LogP contribution in [0.4, 0.5) is 0 Å². The highest BCUT2D eigenvalue weighted by Gasteiger charge is 2.19. The minimum Gasteiger partial charge on any atom is -0.484 e. The molecule has 0 aliphatic heterocycles. The van der Waals surface area contributed by atoms with Crippen molar-refractivity contribution in [2.24, 2.45) is 0 Å². The lowest BCUT2D eigenvalue weighted by Crippen LogP contribution is -2.44. The van der Waals surface area contributed by atoms with Gasteiger partial charge in [0.25, 0.3) is 17.4 Å². The number of rotatable bonds is 6. The first-order chi connectivity index (χ1) is 17.0. The Morgan fingerprint density at radius 3 is 2.69 bits per heavy atom. The first kappa shape index (κ1) is 22.6. The van der Waals surface area contributed by atoms with Gasteiger partial charge in [-0.1, -0.05) is 25.1 Å². The fourth-order valence-corrected chi connectivity index (χ4v) is 4.47. The second-order valence-corrected chi connectivity index (χ2v) is 8.58. The van der Waals surface area contributed by atoms with Crippen LogP contribution in [0.1, 0.15) is 48.0 Å². The van der Waals surface area contributed by atoms with Crippen LogP contribution in [-0.2, 0) is 24.2 Å². The maximum absolute atomic E-state index is 12.8. The molecule has 2 N–H and O–H groups in total. The van der Waals surface area contributed by atoms with Gasteiger partial charge in [0, 0.05) is 29.3 Å². The number of hydrazine groups is 1. The molecule has 2 amide bonds. The molecule has 9 heteroatoms. The van der Waals surface area contributed by atoms with E-state index in [0.29, 0.717) is 29.5 Å². The van der Waals surface area contributed by atoms with Crippen molar-refractivity contribution in [3.63, 3.8) is 0 Å². The highest BCUT2D eigenvalue weighted by molar-refractivity contribution is 6.05. The molecule has 2 heterocycles. The normalized spacial score (nSPS) is 12.9. The number of nitrogens with zero attached hydrogens (tertiary/aromatic N) is 2. The van der Waals surface area contributed by atoms with Gasteiger partial charge in [0.15, 0.2) is 12.3 Å². The molecule has 5 rings (SSSR count). The van der Waals surface area contributed by atoms with Crippen molar-refractivity contribution < 1.29 is 18.7 Å². The van der Waals surface area contributed by atoms with Gasteiger partial charge in [-0.2, -0.15) is 5.10 Å². The molecule has 1 aliphatic rings. The maximum Gasteiger partial charge on any atom is 0.290 e. The summed E-state index contributed by atoms with van der Waals surface area (Å²) in [6.45, 7) is 2.02. The third kappa shape index (κ3) is 4.49. The number of ether oxygens (including phenoxy) is 1. The second-order valence-electron chi connectivity index (χ2n) is 8.58. The number of carbonyl (C=O) groups excluding carboxylic acids is 2. The molecule has 2 aromatic carbocycles. The predicted molar refractivity (Wildman–Crippen MR) is 130 cm³/mol. The largest absolute Gasteiger partial charge is 0.484 e. The molecule has 1 aliphatic carbocycles. The van der Waals surface area contributed by atoms with Gasteiger partial charge in [-0.25, -0.2) is 4.68 Å². The van der Waals surface area contributed by atoms with Gasteiger partial charge in [-0.3, -0.25) is 25.2 Å². The third-order valence-electron chi connectivity index (χ3n) is 6.13. The van der Waals surface area contributed by atoms with Crippen LogP contribution in [0.3, 0.4) is 0 Å². The quantitative estimate of drug-likeness (QED) is 0.415. The summed E-state index contributed by atoms with van der Waals surface area (Å²) in [5, 5.41) is 6.06. The standard InChI is InChI=1S/C26H26N4O5/c1-2-13-30-26(33)19-9-4-3-8-18(19)24(29-30)25(32)28-27-23(31)15-34-16-11-12-22-20(14-16)17-7-5-6-10-21(17)35-22/h3-4,8-9,11-12,14H,2,5-7,10,13,15H2,1H3,(H,27,31)(H,28,32). The fourth-order valence-electron chi connectivity index (χ4n) is 4.47. The van der Waals surface area contributed by atoms with Crippen molar-refractivity contribution in [3.05, 3.63) is 69.8 Å². The monoisotopic (exact) mass is 474 g/mol. The lowest BCUT2D eigenvalue weighted by molar-refractivity contribution is -0.123. The summed E-state index contributed by atoms with van der Waals surface area (Å²) < 4.78 is 12.8. The molecule has 0 fully saturated rings. The van der Waals surface area contributed by atoms with Gasteiger partial charge in [0.2, 0.25) is 0 Å². The van der Waals surface area contributed by atoms with Gasteiger partial charge in [0.05, 0.1) is 5.39 Å². The Hall–Kier alpha value is -4.14. The van der Waals surface area contributed by atoms with E-state index in [0.717, 1.165) is 42.4 Å². The van der Waals surface area contributed by atoms with Crippen molar-refractivity contribution >= 4 is 33.6 Å². The molecule has 0 atom stereocenters. The Labute approximate surface area is 201 Å². The molecule has 0 spiro atoms. The zero-order valence-corrected chi connectivity index (χ0v) is 19.4. The number of fused-ring (bicyclic) bond motifs is 4. The predicted octanol–water partition coefficient (Wildman–Crippen LogP) is 3.27. The van der Waals surface area contributed by atoms with Crippen LogP contribution in [0, 0.1) is 0 Å². The third-order valence-corrected chi connectivity index (χ3v) is 6.13. The highest BCUT2D eigenvalue weighted by atomic mass is 16.5. The summed E-state index contributed by atoms with van der Waals surface area (Å²) in [7, 11) is 0. The minimum absolute atomic E-state index is 0.0602. The maximum atomic E-state index is 12.8. The van der Waals surface area contributed by atoms with Gasteiger partial charge >= 0.3 is 0 Å². The van der Waals surface area contributed by atoms with Gasteiger partial charge in [-0.05, 0) is 49.9 Å². The zero-order valence-electron chi connectivity index (χ0n) is 19.4. The number of hydrogen-bond acceptors (Lipinski definition) is 6. The van der Waals surface area contributed by atoms with Crippen LogP contribution in [0.5, 0.6) is 5.75 Å². The number of carbonyl (C=O) groups is 2. The average Bonchev–Trinajstić information content (AvgIpc) is 3.26. The lowest BCUT2D eigenvalue weighted by Gasteiger charge is -2.12. The summed E-state index contributed by atoms with van der Waals surface area (Å²) >= 11 is 0. The molecular weight excluding hydrogens is 448 g/mol. The molecule has 2 aromatic heterocycles. The first-order valence-electron chi connectivity index (χ1n) is 11.8. The number of amides is 2. The van der Waals surface area contributed by atoms with E-state index in [2.05, 4.69) is 16.0 Å². The van der Waals surface area contributed by atoms with Crippen molar-refractivity contribution in [2.75, 3.05) is 6.61 Å². The van der Waals surface area contributed by atoms with E-state index in [4.69, 9.17) is 9.15 Å². The van der Waals surface area contributed by atoms with Gasteiger partial charge in [0.1, 0.15) is 17.1 Å². The minimum atomic E-state index is -0.620. The Morgan fingerprint density at radius 1 is 1.06 bits per heavy atom. The molecule has 35 heavy (non-hydrogen) atoms. The SMILES string of the molecule is CCCn1nc(C(=O)NNC(=O)COc2ccc3oc4c(c3c2)CCCC4)c2ccccc2c1=O. The van der Waals surface area contributed by atoms with Crippen LogP contribution in [-0.4, -0.2) is 28.2 Å². The summed E-state index contributed by atoms with van der Waals surface area (Å²) in [6, 6.07) is 12.3. The van der Waals surface area contributed by atoms with Crippen LogP contribution in [0.15, 0.2) is 51.7 Å². The summed E-state index contributed by atoms with van der Waals surface area (Å²) in [4.78, 5) is 37.7. The van der Waals surface area contributed by atoms with Crippen molar-refractivity contribution in [1.29, 1.82) is 0 Å². The highest BCUT2D eigenvalue weighted by Crippen LogP contribution is 2.33. The molecular formula is C26H26N4O5. The molecule has 4 aromatic rings. The summed E-state index contributed by atoms with van der Waals surface area (Å²) in [5.74, 6) is 0.437. The number of aromatic nitrogens is 2. The number of benzene rings is 2. The molecule has 0 unspecified atom stereocenters. The fraction of sp³-hybridized carbons (Fsp3) is 0.308. The first-order valence-corrected chi connectivity index (χ1v) is 11.8. The van der Waals surface area contributed by atoms with E-state index < -0.39 is 11.8 Å². The van der Waals surface area contributed by atoms with E-state index in [1.54, 1.807) is 30.3 Å². The van der Waals surface area contributed by atoms with Crippen molar-refractivity contribution in [3.8, 4) is 5.75 Å². The van der Waals surface area contributed by atoms with E-state index in [-0.39, 0.29) is 17.9 Å². The van der Waals surface area contributed by atoms with Crippen LogP contribution in [0.25, 0.3) is 21.7 Å².